The van der Waals surface area contributed by atoms with Crippen molar-refractivity contribution in [1.29, 1.82) is 0 Å². The lowest BCUT2D eigenvalue weighted by molar-refractivity contribution is -0.137. The van der Waals surface area contributed by atoms with Crippen LogP contribution in [0.2, 0.25) is 0 Å². The second kappa shape index (κ2) is 4.61. The third-order valence-electron chi connectivity index (χ3n) is 3.70. The van der Waals surface area contributed by atoms with Crippen molar-refractivity contribution >= 4 is 11.5 Å². The number of alkyl halides is 3. The van der Waals surface area contributed by atoms with Crippen molar-refractivity contribution in [3.63, 3.8) is 0 Å². The van der Waals surface area contributed by atoms with Gasteiger partial charge in [0.25, 0.3) is 0 Å². The van der Waals surface area contributed by atoms with Crippen molar-refractivity contribution in [2.45, 2.75) is 25.4 Å². The van der Waals surface area contributed by atoms with E-state index in [4.69, 9.17) is 11.5 Å². The van der Waals surface area contributed by atoms with Gasteiger partial charge in [-0.3, -0.25) is 0 Å². The van der Waals surface area contributed by atoms with Gasteiger partial charge in [-0.25, -0.2) is 0 Å². The Bertz CT molecular complexity index is 710. The van der Waals surface area contributed by atoms with Crippen LogP contribution >= 0.6 is 0 Å². The van der Waals surface area contributed by atoms with Gasteiger partial charge in [0.05, 0.1) is 11.3 Å². The summed E-state index contributed by atoms with van der Waals surface area (Å²) in [6, 6.07) is 3.27. The predicted octanol–water partition coefficient (Wildman–Crippen LogP) is 2.82. The van der Waals surface area contributed by atoms with Gasteiger partial charge in [0, 0.05) is 16.8 Å². The first-order chi connectivity index (χ1) is 9.88. The smallest absolute Gasteiger partial charge is 0.398 e. The number of rotatable bonds is 1. The number of nitrogens with zero attached hydrogens (tertiary/aromatic N) is 2. The maximum Gasteiger partial charge on any atom is 0.416 e. The summed E-state index contributed by atoms with van der Waals surface area (Å²) in [4.78, 5) is 0. The molecule has 7 heteroatoms. The van der Waals surface area contributed by atoms with Crippen molar-refractivity contribution < 1.29 is 13.2 Å². The minimum absolute atomic E-state index is 0.0398. The van der Waals surface area contributed by atoms with Crippen molar-refractivity contribution in [3.05, 3.63) is 34.9 Å². The fourth-order valence-corrected chi connectivity index (χ4v) is 2.68. The molecule has 0 bridgehead atoms. The van der Waals surface area contributed by atoms with Gasteiger partial charge in [0.15, 0.2) is 0 Å². The predicted molar refractivity (Wildman–Crippen MR) is 73.3 cm³/mol. The van der Waals surface area contributed by atoms with E-state index in [9.17, 15) is 13.2 Å². The van der Waals surface area contributed by atoms with Gasteiger partial charge in [-0.15, -0.1) is 10.2 Å². The number of nitrogen functional groups attached to an aromatic ring is 2. The Kier molecular flexibility index (Phi) is 3.00. The Hall–Kier alpha value is -2.31. The van der Waals surface area contributed by atoms with Gasteiger partial charge in [-0.1, -0.05) is 6.07 Å². The highest BCUT2D eigenvalue weighted by Gasteiger charge is 2.31. The minimum Gasteiger partial charge on any atom is -0.398 e. The maximum absolute atomic E-state index is 12.7. The molecule has 4 N–H and O–H groups in total. The highest BCUT2D eigenvalue weighted by atomic mass is 19.4. The molecule has 0 saturated heterocycles. The molecule has 4 nitrogen and oxygen atoms in total. The Balaban J connectivity index is 2.13. The molecule has 0 radical (unpaired) electrons. The molecule has 3 rings (SSSR count). The van der Waals surface area contributed by atoms with E-state index >= 15 is 0 Å². The number of aromatic nitrogens is 2. The van der Waals surface area contributed by atoms with Crippen LogP contribution in [-0.4, -0.2) is 10.2 Å². The van der Waals surface area contributed by atoms with E-state index in [-0.39, 0.29) is 5.69 Å². The average molecular weight is 294 g/mol. The molecule has 0 unspecified atom stereocenters. The molecule has 0 saturated carbocycles. The second-order valence-corrected chi connectivity index (χ2v) is 5.04. The van der Waals surface area contributed by atoms with E-state index in [0.29, 0.717) is 17.1 Å². The molecule has 0 spiro atoms. The number of halogens is 3. The van der Waals surface area contributed by atoms with Gasteiger partial charge in [-0.05, 0) is 37.0 Å². The Morgan fingerprint density at radius 3 is 2.38 bits per heavy atom. The molecular weight excluding hydrogens is 281 g/mol. The molecule has 1 aliphatic carbocycles. The largest absolute Gasteiger partial charge is 0.416 e. The Morgan fingerprint density at radius 1 is 1.00 bits per heavy atom. The molecule has 1 aromatic heterocycles. The molecule has 110 valence electrons. The average Bonchev–Trinajstić information content (AvgIpc) is 2.89. The zero-order valence-corrected chi connectivity index (χ0v) is 11.0. The Morgan fingerprint density at radius 2 is 1.71 bits per heavy atom. The van der Waals surface area contributed by atoms with Crippen molar-refractivity contribution in [2.24, 2.45) is 0 Å². The minimum atomic E-state index is -4.42. The summed E-state index contributed by atoms with van der Waals surface area (Å²) in [5.74, 6) is 0.386. The number of anilines is 2. The van der Waals surface area contributed by atoms with Crippen LogP contribution in [0, 0.1) is 0 Å². The SMILES string of the molecule is Nc1cc(C(F)(F)F)ccc1-c1nnc(N)c2c1CCC2. The summed E-state index contributed by atoms with van der Waals surface area (Å²) in [5, 5.41) is 7.93. The normalized spacial score (nSPS) is 14.2. The van der Waals surface area contributed by atoms with Gasteiger partial charge in [0.2, 0.25) is 0 Å². The second-order valence-electron chi connectivity index (χ2n) is 5.04. The zero-order chi connectivity index (χ0) is 15.2. The first-order valence-corrected chi connectivity index (χ1v) is 6.49. The first kappa shape index (κ1) is 13.7. The fourth-order valence-electron chi connectivity index (χ4n) is 2.68. The van der Waals surface area contributed by atoms with Gasteiger partial charge >= 0.3 is 6.18 Å². The van der Waals surface area contributed by atoms with E-state index in [2.05, 4.69) is 10.2 Å². The highest BCUT2D eigenvalue weighted by Crippen LogP contribution is 2.38. The summed E-state index contributed by atoms with van der Waals surface area (Å²) in [7, 11) is 0. The number of nitrogens with two attached hydrogens (primary N) is 2. The van der Waals surface area contributed by atoms with Gasteiger partial charge in [-0.2, -0.15) is 13.2 Å². The van der Waals surface area contributed by atoms with Crippen LogP contribution in [0.5, 0.6) is 0 Å². The summed E-state index contributed by atoms with van der Waals surface area (Å²) in [6.45, 7) is 0. The van der Waals surface area contributed by atoms with E-state index in [1.54, 1.807) is 0 Å². The number of hydrogen-bond donors (Lipinski definition) is 2. The van der Waals surface area contributed by atoms with Crippen LogP contribution in [0.25, 0.3) is 11.3 Å². The van der Waals surface area contributed by atoms with Gasteiger partial charge in [0.1, 0.15) is 5.82 Å². The lowest BCUT2D eigenvalue weighted by atomic mass is 10.0. The van der Waals surface area contributed by atoms with Crippen LogP contribution < -0.4 is 11.5 Å². The standard InChI is InChI=1S/C14H13F3N4/c15-14(16,17)7-4-5-10(11(18)6-7)12-8-2-1-3-9(8)13(19)21-20-12/h4-6H,1-3,18H2,(H2,19,21). The maximum atomic E-state index is 12.7. The van der Waals surface area contributed by atoms with E-state index in [0.717, 1.165) is 42.5 Å². The monoisotopic (exact) mass is 294 g/mol. The van der Waals surface area contributed by atoms with E-state index < -0.39 is 11.7 Å². The van der Waals surface area contributed by atoms with Crippen molar-refractivity contribution in [1.82, 2.24) is 10.2 Å². The third kappa shape index (κ3) is 2.28. The first-order valence-electron chi connectivity index (χ1n) is 6.49. The van der Waals surface area contributed by atoms with E-state index in [1.165, 1.54) is 6.07 Å². The van der Waals surface area contributed by atoms with Crippen molar-refractivity contribution in [2.75, 3.05) is 11.5 Å². The molecule has 21 heavy (non-hydrogen) atoms. The topological polar surface area (TPSA) is 77.8 Å². The van der Waals surface area contributed by atoms with Crippen LogP contribution in [0.15, 0.2) is 18.2 Å². The summed E-state index contributed by atoms with van der Waals surface area (Å²) in [6.07, 6.45) is -1.89. The summed E-state index contributed by atoms with van der Waals surface area (Å²) < 4.78 is 38.0. The van der Waals surface area contributed by atoms with Gasteiger partial charge < -0.3 is 11.5 Å². The summed E-state index contributed by atoms with van der Waals surface area (Å²) >= 11 is 0. The molecule has 0 atom stereocenters. The molecular formula is C14H13F3N4. The van der Waals surface area contributed by atoms with Crippen LogP contribution in [0.3, 0.4) is 0 Å². The number of benzene rings is 1. The van der Waals surface area contributed by atoms with Crippen LogP contribution in [0.1, 0.15) is 23.1 Å². The lowest BCUT2D eigenvalue weighted by Crippen LogP contribution is -2.07. The van der Waals surface area contributed by atoms with Crippen molar-refractivity contribution in [3.8, 4) is 11.3 Å². The van der Waals surface area contributed by atoms with E-state index in [1.807, 2.05) is 0 Å². The molecule has 2 aromatic rings. The highest BCUT2D eigenvalue weighted by molar-refractivity contribution is 5.78. The van der Waals surface area contributed by atoms with Crippen LogP contribution in [0.4, 0.5) is 24.7 Å². The number of fused-ring (bicyclic) bond motifs is 1. The summed E-state index contributed by atoms with van der Waals surface area (Å²) in [5.41, 5.74) is 13.7. The quantitative estimate of drug-likeness (QED) is 0.793. The van der Waals surface area contributed by atoms with Crippen LogP contribution in [-0.2, 0) is 19.0 Å². The molecule has 1 aliphatic rings. The lowest BCUT2D eigenvalue weighted by Gasteiger charge is -2.13. The molecule has 1 heterocycles. The molecule has 0 aliphatic heterocycles. The third-order valence-corrected chi connectivity index (χ3v) is 3.70. The molecule has 1 aromatic carbocycles. The molecule has 0 fully saturated rings. The Labute approximate surface area is 119 Å². The molecule has 0 amide bonds. The number of hydrogen-bond acceptors (Lipinski definition) is 4. The zero-order valence-electron chi connectivity index (χ0n) is 11.0. The fraction of sp³-hybridized carbons (Fsp3) is 0.286.